The highest BCUT2D eigenvalue weighted by atomic mass is 79.9. The summed E-state index contributed by atoms with van der Waals surface area (Å²) in [5.74, 6) is 1.41. The minimum Gasteiger partial charge on any atom is -0.448 e. The number of hydrogen-bond donors (Lipinski definition) is 1. The Hall–Kier alpha value is -0.740. The van der Waals surface area contributed by atoms with Gasteiger partial charge in [-0.15, -0.1) is 0 Å². The molecule has 3 aliphatic rings. The summed E-state index contributed by atoms with van der Waals surface area (Å²) in [6.45, 7) is 0.705. The molecule has 2 fully saturated rings. The second-order valence-electron chi connectivity index (χ2n) is 6.09. The molecule has 0 bridgehead atoms. The molecule has 1 aliphatic heterocycles. The van der Waals surface area contributed by atoms with E-state index < -0.39 is 0 Å². The van der Waals surface area contributed by atoms with E-state index in [-0.39, 0.29) is 11.2 Å². The van der Waals surface area contributed by atoms with E-state index in [1.54, 1.807) is 0 Å². The van der Waals surface area contributed by atoms with Crippen molar-refractivity contribution in [2.45, 2.75) is 49.7 Å². The van der Waals surface area contributed by atoms with E-state index in [0.29, 0.717) is 6.54 Å². The number of ether oxygens (including phenoxy) is 2. The standard InChI is InChI=1S/C15H18BrNO2/c16-11-8-13-12(7-10(11)14(9-17)5-6-14)18-15(19-13)3-1-2-4-15/h7-8H,1-6,9,17H2. The Morgan fingerprint density at radius 2 is 1.68 bits per heavy atom. The van der Waals surface area contributed by atoms with E-state index in [0.717, 1.165) is 28.8 Å². The van der Waals surface area contributed by atoms with Gasteiger partial charge < -0.3 is 15.2 Å². The van der Waals surface area contributed by atoms with Gasteiger partial charge in [-0.2, -0.15) is 0 Å². The van der Waals surface area contributed by atoms with E-state index in [4.69, 9.17) is 15.2 Å². The van der Waals surface area contributed by atoms with Crippen LogP contribution in [0.25, 0.3) is 0 Å². The van der Waals surface area contributed by atoms with Gasteiger partial charge in [-0.25, -0.2) is 0 Å². The lowest BCUT2D eigenvalue weighted by Gasteiger charge is -2.21. The van der Waals surface area contributed by atoms with Crippen molar-refractivity contribution in [3.63, 3.8) is 0 Å². The third-order valence-electron chi connectivity index (χ3n) is 4.81. The maximum atomic E-state index is 6.13. The number of hydrogen-bond acceptors (Lipinski definition) is 3. The SMILES string of the molecule is NCC1(c2cc3c(cc2Br)OC2(CCCC2)O3)CC1. The molecule has 2 saturated carbocycles. The van der Waals surface area contributed by atoms with E-state index >= 15 is 0 Å². The molecule has 1 aromatic carbocycles. The van der Waals surface area contributed by atoms with Crippen LogP contribution in [0.5, 0.6) is 11.5 Å². The van der Waals surface area contributed by atoms with Crippen LogP contribution in [0.2, 0.25) is 0 Å². The van der Waals surface area contributed by atoms with Crippen LogP contribution in [-0.2, 0) is 5.41 Å². The fourth-order valence-electron chi connectivity index (χ4n) is 3.37. The summed E-state index contributed by atoms with van der Waals surface area (Å²) >= 11 is 3.67. The zero-order valence-corrected chi connectivity index (χ0v) is 12.5. The number of nitrogens with two attached hydrogens (primary N) is 1. The maximum Gasteiger partial charge on any atom is 0.251 e. The Morgan fingerprint density at radius 3 is 2.26 bits per heavy atom. The molecule has 1 spiro atoms. The molecule has 0 amide bonds. The average molecular weight is 324 g/mol. The van der Waals surface area contributed by atoms with Crippen molar-refractivity contribution in [2.75, 3.05) is 6.54 Å². The van der Waals surface area contributed by atoms with Crippen LogP contribution in [0.1, 0.15) is 44.1 Å². The molecule has 0 atom stereocenters. The maximum absolute atomic E-state index is 6.13. The van der Waals surface area contributed by atoms with Crippen LogP contribution in [0.4, 0.5) is 0 Å². The van der Waals surface area contributed by atoms with E-state index in [9.17, 15) is 0 Å². The van der Waals surface area contributed by atoms with Gasteiger partial charge in [-0.05, 0) is 43.4 Å². The van der Waals surface area contributed by atoms with Gasteiger partial charge in [0.2, 0.25) is 0 Å². The Balaban J connectivity index is 1.73. The smallest absolute Gasteiger partial charge is 0.251 e. The van der Waals surface area contributed by atoms with Crippen LogP contribution in [0.15, 0.2) is 16.6 Å². The van der Waals surface area contributed by atoms with Crippen LogP contribution in [0.3, 0.4) is 0 Å². The molecule has 4 rings (SSSR count). The van der Waals surface area contributed by atoms with Crippen LogP contribution in [0, 0.1) is 0 Å². The van der Waals surface area contributed by atoms with E-state index in [1.165, 1.54) is 31.2 Å². The third kappa shape index (κ3) is 1.73. The quantitative estimate of drug-likeness (QED) is 0.906. The summed E-state index contributed by atoms with van der Waals surface area (Å²) in [4.78, 5) is 0. The molecule has 0 saturated heterocycles. The summed E-state index contributed by atoms with van der Waals surface area (Å²) in [7, 11) is 0. The minimum absolute atomic E-state index is 0.169. The predicted octanol–water partition coefficient (Wildman–Crippen LogP) is 3.48. The third-order valence-corrected chi connectivity index (χ3v) is 5.46. The van der Waals surface area contributed by atoms with Gasteiger partial charge in [0.1, 0.15) is 0 Å². The molecule has 102 valence electrons. The first kappa shape index (κ1) is 12.0. The Morgan fingerprint density at radius 1 is 1.05 bits per heavy atom. The van der Waals surface area contributed by atoms with E-state index in [1.807, 2.05) is 0 Å². The molecule has 19 heavy (non-hydrogen) atoms. The Labute approximate surface area is 121 Å². The van der Waals surface area contributed by atoms with E-state index in [2.05, 4.69) is 28.1 Å². The van der Waals surface area contributed by atoms with Crippen molar-refractivity contribution in [3.8, 4) is 11.5 Å². The summed E-state index contributed by atoms with van der Waals surface area (Å²) in [6.07, 6.45) is 6.72. The topological polar surface area (TPSA) is 44.5 Å². The van der Waals surface area contributed by atoms with Crippen molar-refractivity contribution >= 4 is 15.9 Å². The van der Waals surface area contributed by atoms with Crippen molar-refractivity contribution in [2.24, 2.45) is 5.73 Å². The lowest BCUT2D eigenvalue weighted by atomic mass is 9.96. The second kappa shape index (κ2) is 3.89. The van der Waals surface area contributed by atoms with Gasteiger partial charge in [-0.3, -0.25) is 0 Å². The van der Waals surface area contributed by atoms with Crippen LogP contribution < -0.4 is 15.2 Å². The zero-order valence-electron chi connectivity index (χ0n) is 10.9. The molecule has 0 radical (unpaired) electrons. The highest BCUT2D eigenvalue weighted by Gasteiger charge is 2.48. The van der Waals surface area contributed by atoms with Crippen LogP contribution in [-0.4, -0.2) is 12.3 Å². The van der Waals surface area contributed by atoms with Crippen LogP contribution >= 0.6 is 15.9 Å². The van der Waals surface area contributed by atoms with Crippen molar-refractivity contribution in [3.05, 3.63) is 22.2 Å². The highest BCUT2D eigenvalue weighted by molar-refractivity contribution is 9.10. The van der Waals surface area contributed by atoms with Crippen molar-refractivity contribution in [1.82, 2.24) is 0 Å². The fraction of sp³-hybridized carbons (Fsp3) is 0.600. The average Bonchev–Trinajstić information content (AvgIpc) is 2.94. The lowest BCUT2D eigenvalue weighted by molar-refractivity contribution is -0.0716. The molecular weight excluding hydrogens is 306 g/mol. The van der Waals surface area contributed by atoms with Gasteiger partial charge in [0, 0.05) is 29.3 Å². The zero-order chi connectivity index (χ0) is 13.1. The number of benzene rings is 1. The summed E-state index contributed by atoms with van der Waals surface area (Å²) in [5.41, 5.74) is 7.39. The molecule has 4 heteroatoms. The molecular formula is C15H18BrNO2. The molecule has 1 heterocycles. The monoisotopic (exact) mass is 323 g/mol. The Kier molecular flexibility index (Phi) is 2.46. The van der Waals surface area contributed by atoms with Gasteiger partial charge in [0.15, 0.2) is 11.5 Å². The van der Waals surface area contributed by atoms with Crippen molar-refractivity contribution in [1.29, 1.82) is 0 Å². The largest absolute Gasteiger partial charge is 0.448 e. The van der Waals surface area contributed by atoms with Gasteiger partial charge in [-0.1, -0.05) is 15.9 Å². The lowest BCUT2D eigenvalue weighted by Crippen LogP contribution is -2.34. The normalized spacial score (nSPS) is 24.9. The molecule has 1 aromatic rings. The number of halogens is 1. The second-order valence-corrected chi connectivity index (χ2v) is 6.94. The van der Waals surface area contributed by atoms with Gasteiger partial charge in [0.25, 0.3) is 5.79 Å². The van der Waals surface area contributed by atoms with Crippen molar-refractivity contribution < 1.29 is 9.47 Å². The molecule has 0 unspecified atom stereocenters. The first-order valence-electron chi connectivity index (χ1n) is 7.09. The number of rotatable bonds is 2. The minimum atomic E-state index is -0.375. The number of fused-ring (bicyclic) bond motifs is 1. The molecule has 2 N–H and O–H groups in total. The molecule has 2 aliphatic carbocycles. The Bertz CT molecular complexity index is 533. The first-order valence-corrected chi connectivity index (χ1v) is 7.88. The fourth-order valence-corrected chi connectivity index (χ4v) is 4.12. The molecule has 3 nitrogen and oxygen atoms in total. The summed E-state index contributed by atoms with van der Waals surface area (Å²) in [5, 5.41) is 0. The summed E-state index contributed by atoms with van der Waals surface area (Å²) in [6, 6.07) is 4.21. The van der Waals surface area contributed by atoms with Gasteiger partial charge >= 0.3 is 0 Å². The predicted molar refractivity (Wildman–Crippen MR) is 76.6 cm³/mol. The van der Waals surface area contributed by atoms with Gasteiger partial charge in [0.05, 0.1) is 0 Å². The summed E-state index contributed by atoms with van der Waals surface area (Å²) < 4.78 is 13.3. The molecule has 0 aromatic heterocycles. The first-order chi connectivity index (χ1) is 9.16. The highest BCUT2D eigenvalue weighted by Crippen LogP contribution is 2.54.